The molecule has 0 aliphatic rings. The molecule has 0 aliphatic heterocycles. The van der Waals surface area contributed by atoms with Gasteiger partial charge in [-0.15, -0.1) is 0 Å². The topological polar surface area (TPSA) is 96.3 Å². The van der Waals surface area contributed by atoms with Gasteiger partial charge in [0.05, 0.1) is 10.9 Å². The van der Waals surface area contributed by atoms with Crippen LogP contribution in [0.3, 0.4) is 0 Å². The third kappa shape index (κ3) is 8.28. The minimum absolute atomic E-state index is 0.175. The fraction of sp³-hybridized carbons (Fsp3) is 0.312. The lowest BCUT2D eigenvalue weighted by atomic mass is 10.2. The highest BCUT2D eigenvalue weighted by atomic mass is 32.2. The highest BCUT2D eigenvalue weighted by Gasteiger charge is 2.30. The van der Waals surface area contributed by atoms with Crippen LogP contribution in [0.2, 0.25) is 0 Å². The van der Waals surface area contributed by atoms with Gasteiger partial charge in [-0.25, -0.2) is 4.98 Å². The van der Waals surface area contributed by atoms with Crippen molar-refractivity contribution in [2.24, 2.45) is 0 Å². The monoisotopic (exact) mass is 571 g/mol. The molecule has 41 heavy (non-hydrogen) atoms. The number of hydrogen-bond donors (Lipinski definition) is 2. The third-order valence-electron chi connectivity index (χ3n) is 6.90. The molecule has 2 amide bonds. The van der Waals surface area contributed by atoms with E-state index in [-0.39, 0.29) is 18.6 Å². The number of carbonyl (C=O) groups is 2. The fourth-order valence-corrected chi connectivity index (χ4v) is 5.56. The summed E-state index contributed by atoms with van der Waals surface area (Å²) in [7, 11) is 0. The highest BCUT2D eigenvalue weighted by molar-refractivity contribution is 8.01. The van der Waals surface area contributed by atoms with Crippen LogP contribution in [0.15, 0.2) is 94.9 Å². The molecule has 1 heterocycles. The van der Waals surface area contributed by atoms with Crippen LogP contribution in [0.5, 0.6) is 0 Å². The lowest BCUT2D eigenvalue weighted by Gasteiger charge is -2.21. The van der Waals surface area contributed by atoms with Gasteiger partial charge < -0.3 is 15.5 Å². The Balaban J connectivity index is 1.62. The molecule has 0 bridgehead atoms. The van der Waals surface area contributed by atoms with E-state index in [9.17, 15) is 14.4 Å². The molecule has 2 N–H and O–H groups in total. The van der Waals surface area contributed by atoms with Crippen molar-refractivity contribution in [2.75, 3.05) is 19.6 Å². The third-order valence-corrected chi connectivity index (χ3v) is 8.08. The van der Waals surface area contributed by atoms with Crippen LogP contribution in [0.1, 0.15) is 31.4 Å². The first kappa shape index (κ1) is 30.0. The number of hydrogen-bond acceptors (Lipinski definition) is 6. The zero-order valence-corrected chi connectivity index (χ0v) is 24.4. The summed E-state index contributed by atoms with van der Waals surface area (Å²) < 4.78 is 1.61. The summed E-state index contributed by atoms with van der Waals surface area (Å²) in [4.78, 5) is 47.7. The van der Waals surface area contributed by atoms with E-state index in [0.717, 1.165) is 48.9 Å². The van der Waals surface area contributed by atoms with Gasteiger partial charge in [-0.2, -0.15) is 0 Å². The molecular formula is C32H37N5O3S. The Morgan fingerprint density at radius 1 is 0.829 bits per heavy atom. The summed E-state index contributed by atoms with van der Waals surface area (Å²) in [6, 6.07) is 26.2. The number of thioether (sulfide) groups is 1. The van der Waals surface area contributed by atoms with Crippen LogP contribution in [-0.4, -0.2) is 51.1 Å². The van der Waals surface area contributed by atoms with E-state index in [0.29, 0.717) is 22.6 Å². The Bertz CT molecular complexity index is 1430. The Kier molecular flexibility index (Phi) is 11.1. The predicted octanol–water partition coefficient (Wildman–Crippen LogP) is 4.22. The standard InChI is InChI=1S/C32H37N5O3S/c1-3-36(4-2)20-13-21-37-31(40)26-18-11-12-19-27(26)35-32(37)41-28(29(38)33-22-24-14-7-5-8-15-24)30(39)34-23-25-16-9-6-10-17-25/h5-12,14-19,28H,3-4,13,20-23H2,1-2H3,(H,33,38)(H,34,39). The van der Waals surface area contributed by atoms with Crippen LogP contribution in [0, 0.1) is 0 Å². The lowest BCUT2D eigenvalue weighted by molar-refractivity contribution is -0.128. The average molecular weight is 572 g/mol. The zero-order chi connectivity index (χ0) is 29.0. The smallest absolute Gasteiger partial charge is 0.262 e. The Labute approximate surface area is 245 Å². The Morgan fingerprint density at radius 2 is 1.37 bits per heavy atom. The molecular weight excluding hydrogens is 534 g/mol. The molecule has 8 nitrogen and oxygen atoms in total. The van der Waals surface area contributed by atoms with Crippen LogP contribution < -0.4 is 16.2 Å². The summed E-state index contributed by atoms with van der Waals surface area (Å²) in [6.45, 7) is 7.90. The second-order valence-electron chi connectivity index (χ2n) is 9.65. The largest absolute Gasteiger partial charge is 0.351 e. The summed E-state index contributed by atoms with van der Waals surface area (Å²) in [5.41, 5.74) is 2.21. The second-order valence-corrected chi connectivity index (χ2v) is 10.7. The van der Waals surface area contributed by atoms with Gasteiger partial charge in [0.1, 0.15) is 0 Å². The first-order chi connectivity index (χ1) is 20.0. The van der Waals surface area contributed by atoms with E-state index >= 15 is 0 Å². The average Bonchev–Trinajstić information content (AvgIpc) is 3.01. The van der Waals surface area contributed by atoms with Crippen LogP contribution in [0.4, 0.5) is 0 Å². The fourth-order valence-electron chi connectivity index (χ4n) is 4.51. The maximum atomic E-state index is 13.6. The van der Waals surface area contributed by atoms with E-state index in [1.807, 2.05) is 72.8 Å². The van der Waals surface area contributed by atoms with E-state index in [1.165, 1.54) is 0 Å². The predicted molar refractivity (Wildman–Crippen MR) is 165 cm³/mol. The van der Waals surface area contributed by atoms with Gasteiger partial charge in [-0.3, -0.25) is 19.0 Å². The molecule has 9 heteroatoms. The van der Waals surface area contributed by atoms with Gasteiger partial charge in [0.2, 0.25) is 11.8 Å². The number of nitrogens with zero attached hydrogens (tertiary/aromatic N) is 3. The number of benzene rings is 3. The summed E-state index contributed by atoms with van der Waals surface area (Å²) in [6.07, 6.45) is 0.736. The van der Waals surface area contributed by atoms with E-state index in [2.05, 4.69) is 29.4 Å². The van der Waals surface area contributed by atoms with Crippen molar-refractivity contribution in [3.8, 4) is 0 Å². The Morgan fingerprint density at radius 3 is 1.93 bits per heavy atom. The van der Waals surface area contributed by atoms with E-state index in [1.54, 1.807) is 16.7 Å². The summed E-state index contributed by atoms with van der Waals surface area (Å²) in [5, 5.41) is 5.51. The Hall–Kier alpha value is -3.95. The van der Waals surface area contributed by atoms with Crippen LogP contribution >= 0.6 is 11.8 Å². The van der Waals surface area contributed by atoms with Gasteiger partial charge in [0, 0.05) is 19.6 Å². The molecule has 4 aromatic rings. The molecule has 0 unspecified atom stereocenters. The molecule has 0 saturated carbocycles. The SMILES string of the molecule is CCN(CC)CCCn1c(SC(C(=O)NCc2ccccc2)C(=O)NCc2ccccc2)nc2ccccc2c1=O. The van der Waals surface area contributed by atoms with E-state index < -0.39 is 17.1 Å². The van der Waals surface area contributed by atoms with Crippen molar-refractivity contribution in [3.63, 3.8) is 0 Å². The zero-order valence-electron chi connectivity index (χ0n) is 23.6. The van der Waals surface area contributed by atoms with Crippen molar-refractivity contribution in [1.29, 1.82) is 0 Å². The van der Waals surface area contributed by atoms with E-state index in [4.69, 9.17) is 4.98 Å². The van der Waals surface area contributed by atoms with Crippen LogP contribution in [-0.2, 0) is 29.2 Å². The van der Waals surface area contributed by atoms with Crippen LogP contribution in [0.25, 0.3) is 10.9 Å². The lowest BCUT2D eigenvalue weighted by Crippen LogP contribution is -2.43. The number of nitrogens with one attached hydrogen (secondary N) is 2. The number of aromatic nitrogens is 2. The number of fused-ring (bicyclic) bond motifs is 1. The first-order valence-electron chi connectivity index (χ1n) is 14.0. The normalized spacial score (nSPS) is 11.2. The molecule has 4 rings (SSSR count). The molecule has 0 spiro atoms. The maximum absolute atomic E-state index is 13.6. The molecule has 214 valence electrons. The summed E-state index contributed by atoms with van der Waals surface area (Å²) >= 11 is 1.02. The van der Waals surface area contributed by atoms with Gasteiger partial charge in [0.25, 0.3) is 5.56 Å². The highest BCUT2D eigenvalue weighted by Crippen LogP contribution is 2.24. The van der Waals surface area contributed by atoms with Gasteiger partial charge >= 0.3 is 0 Å². The molecule has 0 fully saturated rings. The second kappa shape index (κ2) is 15.2. The van der Waals surface area contributed by atoms with Gasteiger partial charge in [0.15, 0.2) is 10.4 Å². The van der Waals surface area contributed by atoms with Crippen molar-refractivity contribution in [3.05, 3.63) is 106 Å². The van der Waals surface area contributed by atoms with Crippen molar-refractivity contribution >= 4 is 34.5 Å². The minimum Gasteiger partial charge on any atom is -0.351 e. The number of rotatable bonds is 14. The van der Waals surface area contributed by atoms with Gasteiger partial charge in [-0.05, 0) is 49.3 Å². The van der Waals surface area contributed by atoms with Crippen molar-refractivity contribution in [1.82, 2.24) is 25.1 Å². The quantitative estimate of drug-likeness (QED) is 0.134. The molecule has 0 aliphatic carbocycles. The summed E-state index contributed by atoms with van der Waals surface area (Å²) in [5.74, 6) is -0.886. The molecule has 1 aromatic heterocycles. The molecule has 0 radical (unpaired) electrons. The molecule has 0 atom stereocenters. The number of carbonyl (C=O) groups excluding carboxylic acids is 2. The minimum atomic E-state index is -1.15. The maximum Gasteiger partial charge on any atom is 0.262 e. The molecule has 3 aromatic carbocycles. The van der Waals surface area contributed by atoms with Gasteiger partial charge in [-0.1, -0.05) is 98.4 Å². The number of para-hydroxylation sites is 1. The first-order valence-corrected chi connectivity index (χ1v) is 14.9. The molecule has 0 saturated heterocycles. The van der Waals surface area contributed by atoms with Crippen molar-refractivity contribution < 1.29 is 9.59 Å². The van der Waals surface area contributed by atoms with Crippen molar-refractivity contribution in [2.45, 2.75) is 50.3 Å². The number of amides is 2.